The van der Waals surface area contributed by atoms with Crippen LogP contribution < -0.4 is 0 Å². The number of aryl methyl sites for hydroxylation is 2. The third kappa shape index (κ3) is 2.76. The number of fused-ring (bicyclic) bond motifs is 1. The molecule has 0 saturated carbocycles. The lowest BCUT2D eigenvalue weighted by molar-refractivity contribution is 0.266. The third-order valence-corrected chi connectivity index (χ3v) is 4.71. The Morgan fingerprint density at radius 1 is 1.25 bits per heavy atom. The van der Waals surface area contributed by atoms with Gasteiger partial charge >= 0.3 is 0 Å². The normalized spacial score (nSPS) is 16.5. The lowest BCUT2D eigenvalue weighted by atomic mass is 9.97. The fourth-order valence-electron chi connectivity index (χ4n) is 3.54. The van der Waals surface area contributed by atoms with Crippen LogP contribution in [0, 0.1) is 6.92 Å². The number of hydrogen-bond donors (Lipinski definition) is 1. The minimum atomic E-state index is 0.0498. The van der Waals surface area contributed by atoms with E-state index in [0.29, 0.717) is 24.0 Å². The van der Waals surface area contributed by atoms with E-state index in [2.05, 4.69) is 29.4 Å². The van der Waals surface area contributed by atoms with E-state index in [9.17, 15) is 5.11 Å². The van der Waals surface area contributed by atoms with Crippen LogP contribution in [0.3, 0.4) is 0 Å². The highest BCUT2D eigenvalue weighted by atomic mass is 16.3. The molecule has 5 heteroatoms. The average molecular weight is 323 g/mol. The summed E-state index contributed by atoms with van der Waals surface area (Å²) in [5.41, 5.74) is 2.86. The molecule has 5 nitrogen and oxygen atoms in total. The molecule has 1 aliphatic carbocycles. The largest absolute Gasteiger partial charge is 0.458 e. The summed E-state index contributed by atoms with van der Waals surface area (Å²) in [5.74, 6) is 3.49. The molecular formula is C19H21N3O2. The van der Waals surface area contributed by atoms with Crippen LogP contribution in [-0.2, 0) is 19.4 Å². The molecular weight excluding hydrogens is 302 g/mol. The highest BCUT2D eigenvalue weighted by Gasteiger charge is 2.25. The standard InChI is InChI=1S/C19H21N3O2/c1-13-6-9-17(24-13)19-20-18(22(21-19)10-11-23)12-15-8-7-14-4-2-3-5-16(14)15/h2-6,9,15,23H,7-8,10-12H2,1H3/t15-/m0/s1. The summed E-state index contributed by atoms with van der Waals surface area (Å²) in [4.78, 5) is 4.70. The van der Waals surface area contributed by atoms with Gasteiger partial charge in [0.25, 0.3) is 0 Å². The van der Waals surface area contributed by atoms with Crippen LogP contribution in [0.2, 0.25) is 0 Å². The van der Waals surface area contributed by atoms with E-state index in [1.165, 1.54) is 11.1 Å². The van der Waals surface area contributed by atoms with Crippen molar-refractivity contribution in [3.63, 3.8) is 0 Å². The van der Waals surface area contributed by atoms with Gasteiger partial charge in [-0.25, -0.2) is 9.67 Å². The van der Waals surface area contributed by atoms with Crippen LogP contribution in [0.25, 0.3) is 11.6 Å². The Kier molecular flexibility index (Phi) is 3.94. The first-order valence-electron chi connectivity index (χ1n) is 8.44. The van der Waals surface area contributed by atoms with Gasteiger partial charge in [0.1, 0.15) is 11.6 Å². The van der Waals surface area contributed by atoms with E-state index in [4.69, 9.17) is 9.40 Å². The van der Waals surface area contributed by atoms with Gasteiger partial charge in [-0.2, -0.15) is 0 Å². The number of hydrogen-bond acceptors (Lipinski definition) is 4. The van der Waals surface area contributed by atoms with Crippen molar-refractivity contribution in [2.24, 2.45) is 0 Å². The second-order valence-electron chi connectivity index (χ2n) is 6.35. The molecule has 124 valence electrons. The van der Waals surface area contributed by atoms with Crippen molar-refractivity contribution in [3.8, 4) is 11.6 Å². The maximum absolute atomic E-state index is 9.33. The van der Waals surface area contributed by atoms with E-state index in [-0.39, 0.29) is 6.61 Å². The van der Waals surface area contributed by atoms with E-state index in [1.54, 1.807) is 0 Å². The first-order valence-corrected chi connectivity index (χ1v) is 8.44. The van der Waals surface area contributed by atoms with Crippen LogP contribution in [0.4, 0.5) is 0 Å². The number of aliphatic hydroxyl groups excluding tert-OH is 1. The molecule has 0 saturated heterocycles. The van der Waals surface area contributed by atoms with Crippen molar-refractivity contribution >= 4 is 0 Å². The van der Waals surface area contributed by atoms with Gasteiger partial charge in [-0.3, -0.25) is 0 Å². The molecule has 0 aliphatic heterocycles. The molecule has 1 aromatic carbocycles. The molecule has 4 rings (SSSR count). The maximum atomic E-state index is 9.33. The van der Waals surface area contributed by atoms with Crippen molar-refractivity contribution in [2.45, 2.75) is 38.6 Å². The van der Waals surface area contributed by atoms with E-state index < -0.39 is 0 Å². The topological polar surface area (TPSA) is 64.1 Å². The Balaban J connectivity index is 1.64. The van der Waals surface area contributed by atoms with Crippen molar-refractivity contribution in [2.75, 3.05) is 6.61 Å². The summed E-state index contributed by atoms with van der Waals surface area (Å²) in [6.45, 7) is 2.41. The molecule has 1 aliphatic rings. The summed E-state index contributed by atoms with van der Waals surface area (Å²) in [5, 5.41) is 13.9. The first-order chi connectivity index (χ1) is 11.7. The molecule has 0 fully saturated rings. The number of benzene rings is 1. The molecule has 2 heterocycles. The molecule has 24 heavy (non-hydrogen) atoms. The molecule has 0 unspecified atom stereocenters. The number of aliphatic hydroxyl groups is 1. The van der Waals surface area contributed by atoms with Crippen LogP contribution in [0.5, 0.6) is 0 Å². The fraction of sp³-hybridized carbons (Fsp3) is 0.368. The molecule has 0 bridgehead atoms. The van der Waals surface area contributed by atoms with Gasteiger partial charge in [0.2, 0.25) is 5.82 Å². The second-order valence-corrected chi connectivity index (χ2v) is 6.35. The molecule has 2 aromatic heterocycles. The van der Waals surface area contributed by atoms with Crippen molar-refractivity contribution < 1.29 is 9.52 Å². The predicted octanol–water partition coefficient (Wildman–Crippen LogP) is 3.11. The van der Waals surface area contributed by atoms with Crippen molar-refractivity contribution in [1.82, 2.24) is 14.8 Å². The summed E-state index contributed by atoms with van der Waals surface area (Å²) in [6.07, 6.45) is 3.10. The first kappa shape index (κ1) is 15.1. The number of rotatable bonds is 5. The Bertz CT molecular complexity index is 850. The van der Waals surface area contributed by atoms with Crippen LogP contribution in [0.1, 0.15) is 35.1 Å². The average Bonchev–Trinajstić information content (AvgIpc) is 3.28. The summed E-state index contributed by atoms with van der Waals surface area (Å²) in [7, 11) is 0. The van der Waals surface area contributed by atoms with Crippen LogP contribution in [0.15, 0.2) is 40.8 Å². The molecule has 3 aromatic rings. The summed E-state index contributed by atoms with van der Waals surface area (Å²) in [6, 6.07) is 12.4. The zero-order chi connectivity index (χ0) is 16.5. The van der Waals surface area contributed by atoms with Gasteiger partial charge in [-0.1, -0.05) is 24.3 Å². The van der Waals surface area contributed by atoms with Crippen LogP contribution in [-0.4, -0.2) is 26.5 Å². The Labute approximate surface area is 141 Å². The van der Waals surface area contributed by atoms with Crippen LogP contribution >= 0.6 is 0 Å². The van der Waals surface area contributed by atoms with E-state index in [0.717, 1.165) is 30.8 Å². The fourth-order valence-corrected chi connectivity index (χ4v) is 3.54. The zero-order valence-electron chi connectivity index (χ0n) is 13.8. The quantitative estimate of drug-likeness (QED) is 0.783. The third-order valence-electron chi connectivity index (χ3n) is 4.71. The highest BCUT2D eigenvalue weighted by Crippen LogP contribution is 2.35. The predicted molar refractivity (Wildman–Crippen MR) is 90.8 cm³/mol. The maximum Gasteiger partial charge on any atom is 0.217 e. The van der Waals surface area contributed by atoms with Gasteiger partial charge < -0.3 is 9.52 Å². The zero-order valence-corrected chi connectivity index (χ0v) is 13.8. The minimum absolute atomic E-state index is 0.0498. The lowest BCUT2D eigenvalue weighted by Crippen LogP contribution is -2.11. The Morgan fingerprint density at radius 2 is 2.12 bits per heavy atom. The second kappa shape index (κ2) is 6.24. The van der Waals surface area contributed by atoms with Crippen molar-refractivity contribution in [3.05, 3.63) is 59.1 Å². The Hall–Kier alpha value is -2.40. The summed E-state index contributed by atoms with van der Waals surface area (Å²) < 4.78 is 7.46. The number of furan rings is 1. The SMILES string of the molecule is Cc1ccc(-c2nc(C[C@@H]3CCc4ccccc43)n(CCO)n2)o1. The minimum Gasteiger partial charge on any atom is -0.458 e. The monoisotopic (exact) mass is 323 g/mol. The molecule has 1 N–H and O–H groups in total. The smallest absolute Gasteiger partial charge is 0.217 e. The molecule has 1 atom stereocenters. The Morgan fingerprint density at radius 3 is 2.92 bits per heavy atom. The summed E-state index contributed by atoms with van der Waals surface area (Å²) >= 11 is 0. The lowest BCUT2D eigenvalue weighted by Gasteiger charge is -2.11. The molecule has 0 amide bonds. The van der Waals surface area contributed by atoms with Gasteiger partial charge in [0.05, 0.1) is 13.2 Å². The van der Waals surface area contributed by atoms with E-state index in [1.807, 2.05) is 23.7 Å². The van der Waals surface area contributed by atoms with Gasteiger partial charge in [-0.05, 0) is 48.9 Å². The van der Waals surface area contributed by atoms with Gasteiger partial charge in [0, 0.05) is 6.42 Å². The number of aromatic nitrogens is 3. The van der Waals surface area contributed by atoms with Gasteiger partial charge in [0.15, 0.2) is 5.76 Å². The van der Waals surface area contributed by atoms with E-state index >= 15 is 0 Å². The van der Waals surface area contributed by atoms with Gasteiger partial charge in [-0.15, -0.1) is 5.10 Å². The number of nitrogens with zero attached hydrogens (tertiary/aromatic N) is 3. The van der Waals surface area contributed by atoms with Crippen molar-refractivity contribution in [1.29, 1.82) is 0 Å². The molecule has 0 radical (unpaired) electrons. The molecule has 0 spiro atoms. The highest BCUT2D eigenvalue weighted by molar-refractivity contribution is 5.46.